The Bertz CT molecular complexity index is 291. The minimum absolute atomic E-state index is 0.494. The first-order valence-electron chi connectivity index (χ1n) is 5.80. The highest BCUT2D eigenvalue weighted by atomic mass is 15.4. The molecule has 0 radical (unpaired) electrons. The molecule has 0 unspecified atom stereocenters. The number of aromatic nitrogens is 3. The molecule has 0 bridgehead atoms. The number of aryl methyl sites for hydroxylation is 1. The summed E-state index contributed by atoms with van der Waals surface area (Å²) in [4.78, 5) is 0. The number of unbranched alkanes of at least 4 members (excludes halogenated alkanes) is 1. The highest BCUT2D eigenvalue weighted by molar-refractivity contribution is 5.10. The molecule has 4 nitrogen and oxygen atoms in total. The van der Waals surface area contributed by atoms with Crippen molar-refractivity contribution in [2.75, 3.05) is 0 Å². The van der Waals surface area contributed by atoms with E-state index in [2.05, 4.69) is 31.1 Å². The number of hydrogen-bond donors (Lipinski definition) is 1. The maximum absolute atomic E-state index is 5.65. The van der Waals surface area contributed by atoms with Gasteiger partial charge < -0.3 is 5.73 Å². The molecule has 86 valence electrons. The van der Waals surface area contributed by atoms with Crippen LogP contribution in [0.25, 0.3) is 0 Å². The zero-order chi connectivity index (χ0) is 11.3. The highest BCUT2D eigenvalue weighted by Gasteiger charge is 2.12. The normalized spacial score (nSPS) is 11.3. The molecule has 0 aromatic carbocycles. The van der Waals surface area contributed by atoms with Crippen LogP contribution in [0.2, 0.25) is 0 Å². The first kappa shape index (κ1) is 12.2. The topological polar surface area (TPSA) is 56.7 Å². The lowest BCUT2D eigenvalue weighted by molar-refractivity contribution is 0.510. The Hall–Kier alpha value is -0.900. The molecule has 1 rings (SSSR count). The Balaban J connectivity index is 2.80. The van der Waals surface area contributed by atoms with E-state index in [-0.39, 0.29) is 0 Å². The Labute approximate surface area is 91.9 Å². The molecule has 1 aromatic rings. The molecule has 2 N–H and O–H groups in total. The second-order valence-corrected chi connectivity index (χ2v) is 4.36. The fourth-order valence-electron chi connectivity index (χ4n) is 1.62. The van der Waals surface area contributed by atoms with Gasteiger partial charge in [-0.25, -0.2) is 4.68 Å². The van der Waals surface area contributed by atoms with Crippen LogP contribution in [-0.2, 0) is 19.5 Å². The molecular formula is C11H22N4. The van der Waals surface area contributed by atoms with E-state index in [1.165, 1.54) is 12.1 Å². The zero-order valence-corrected chi connectivity index (χ0v) is 10.0. The van der Waals surface area contributed by atoms with Gasteiger partial charge in [0.1, 0.15) is 0 Å². The van der Waals surface area contributed by atoms with E-state index in [4.69, 9.17) is 5.73 Å². The third kappa shape index (κ3) is 3.30. The predicted molar refractivity (Wildman–Crippen MR) is 61.4 cm³/mol. The van der Waals surface area contributed by atoms with E-state index in [1.807, 2.05) is 4.68 Å². The van der Waals surface area contributed by atoms with Crippen molar-refractivity contribution in [3.63, 3.8) is 0 Å². The average Bonchev–Trinajstić information content (AvgIpc) is 2.57. The predicted octanol–water partition coefficient (Wildman–Crippen LogP) is 1.74. The molecule has 0 aliphatic heterocycles. The van der Waals surface area contributed by atoms with Crippen molar-refractivity contribution in [3.05, 3.63) is 11.4 Å². The molecule has 1 heterocycles. The number of nitrogens with zero attached hydrogens (tertiary/aromatic N) is 3. The Morgan fingerprint density at radius 3 is 2.67 bits per heavy atom. The molecular weight excluding hydrogens is 188 g/mol. The summed E-state index contributed by atoms with van der Waals surface area (Å²) in [6.45, 7) is 8.05. The largest absolute Gasteiger partial charge is 0.325 e. The summed E-state index contributed by atoms with van der Waals surface area (Å²) in [6.07, 6.45) is 3.35. The van der Waals surface area contributed by atoms with Gasteiger partial charge in [0.25, 0.3) is 0 Å². The van der Waals surface area contributed by atoms with Crippen LogP contribution in [0.1, 0.15) is 45.0 Å². The summed E-state index contributed by atoms with van der Waals surface area (Å²) in [5.74, 6) is 0.620. The second-order valence-electron chi connectivity index (χ2n) is 4.36. The minimum atomic E-state index is 0.494. The van der Waals surface area contributed by atoms with Crippen molar-refractivity contribution in [2.45, 2.75) is 53.1 Å². The molecule has 0 spiro atoms. The molecule has 0 atom stereocenters. The monoisotopic (exact) mass is 210 g/mol. The van der Waals surface area contributed by atoms with Crippen LogP contribution in [0.5, 0.6) is 0 Å². The van der Waals surface area contributed by atoms with E-state index in [0.717, 1.165) is 25.1 Å². The number of rotatable bonds is 6. The fraction of sp³-hybridized carbons (Fsp3) is 0.818. The van der Waals surface area contributed by atoms with Crippen molar-refractivity contribution >= 4 is 0 Å². The van der Waals surface area contributed by atoms with Gasteiger partial charge in [-0.3, -0.25) is 0 Å². The third-order valence-corrected chi connectivity index (χ3v) is 2.44. The van der Waals surface area contributed by atoms with Gasteiger partial charge in [0, 0.05) is 13.1 Å². The fourth-order valence-corrected chi connectivity index (χ4v) is 1.62. The third-order valence-electron chi connectivity index (χ3n) is 2.44. The van der Waals surface area contributed by atoms with Gasteiger partial charge in [-0.1, -0.05) is 32.4 Å². The first-order valence-corrected chi connectivity index (χ1v) is 5.80. The van der Waals surface area contributed by atoms with E-state index in [9.17, 15) is 0 Å². The Kier molecular flexibility index (Phi) is 4.75. The lowest BCUT2D eigenvalue weighted by Gasteiger charge is -2.09. The van der Waals surface area contributed by atoms with Crippen molar-refractivity contribution < 1.29 is 0 Å². The second kappa shape index (κ2) is 5.85. The maximum atomic E-state index is 5.65. The van der Waals surface area contributed by atoms with Crippen LogP contribution in [0, 0.1) is 5.92 Å². The molecule has 0 aliphatic carbocycles. The van der Waals surface area contributed by atoms with Gasteiger partial charge in [0.15, 0.2) is 0 Å². The molecule has 0 fully saturated rings. The molecule has 0 aliphatic rings. The van der Waals surface area contributed by atoms with E-state index in [0.29, 0.717) is 12.5 Å². The summed E-state index contributed by atoms with van der Waals surface area (Å²) in [5, 5.41) is 8.29. The highest BCUT2D eigenvalue weighted by Crippen LogP contribution is 2.12. The molecule has 1 aromatic heterocycles. The van der Waals surface area contributed by atoms with Crippen molar-refractivity contribution in [1.82, 2.24) is 15.0 Å². The van der Waals surface area contributed by atoms with Crippen LogP contribution in [0.15, 0.2) is 0 Å². The van der Waals surface area contributed by atoms with E-state index < -0.39 is 0 Å². The molecule has 0 amide bonds. The summed E-state index contributed by atoms with van der Waals surface area (Å²) in [5.41, 5.74) is 7.83. The van der Waals surface area contributed by atoms with E-state index >= 15 is 0 Å². The zero-order valence-electron chi connectivity index (χ0n) is 10.0. The quantitative estimate of drug-likeness (QED) is 0.778. The van der Waals surface area contributed by atoms with E-state index in [1.54, 1.807) is 0 Å². The Morgan fingerprint density at radius 1 is 1.40 bits per heavy atom. The van der Waals surface area contributed by atoms with Gasteiger partial charge in [-0.15, -0.1) is 5.10 Å². The van der Waals surface area contributed by atoms with Gasteiger partial charge in [-0.2, -0.15) is 0 Å². The molecule has 0 saturated carbocycles. The standard InChI is InChI=1S/C11H22N4/c1-4-5-6-15-11(7-9(2)3)10(8-12)13-14-15/h9H,4-8,12H2,1-3H3. The molecule has 15 heavy (non-hydrogen) atoms. The number of hydrogen-bond acceptors (Lipinski definition) is 3. The first-order chi connectivity index (χ1) is 7.19. The van der Waals surface area contributed by atoms with Gasteiger partial charge in [0.05, 0.1) is 11.4 Å². The average molecular weight is 210 g/mol. The van der Waals surface area contributed by atoms with Crippen molar-refractivity contribution in [3.8, 4) is 0 Å². The molecule has 0 saturated heterocycles. The summed E-state index contributed by atoms with van der Waals surface area (Å²) >= 11 is 0. The lowest BCUT2D eigenvalue weighted by atomic mass is 10.1. The summed E-state index contributed by atoms with van der Waals surface area (Å²) in [7, 11) is 0. The van der Waals surface area contributed by atoms with Crippen LogP contribution in [-0.4, -0.2) is 15.0 Å². The maximum Gasteiger partial charge on any atom is 0.0994 e. The van der Waals surface area contributed by atoms with Crippen LogP contribution in [0.3, 0.4) is 0 Å². The number of nitrogens with two attached hydrogens (primary N) is 1. The van der Waals surface area contributed by atoms with Gasteiger partial charge >= 0.3 is 0 Å². The summed E-state index contributed by atoms with van der Waals surface area (Å²) in [6, 6.07) is 0. The SMILES string of the molecule is CCCCn1nnc(CN)c1CC(C)C. The molecule has 4 heteroatoms. The van der Waals surface area contributed by atoms with Crippen molar-refractivity contribution in [1.29, 1.82) is 0 Å². The Morgan fingerprint density at radius 2 is 2.13 bits per heavy atom. The van der Waals surface area contributed by atoms with Gasteiger partial charge in [-0.05, 0) is 18.8 Å². The smallest absolute Gasteiger partial charge is 0.0994 e. The lowest BCUT2D eigenvalue weighted by Crippen LogP contribution is -2.10. The van der Waals surface area contributed by atoms with Crippen molar-refractivity contribution in [2.24, 2.45) is 11.7 Å². The van der Waals surface area contributed by atoms with Gasteiger partial charge in [0.2, 0.25) is 0 Å². The van der Waals surface area contributed by atoms with Crippen LogP contribution in [0.4, 0.5) is 0 Å². The van der Waals surface area contributed by atoms with Crippen LogP contribution < -0.4 is 5.73 Å². The summed E-state index contributed by atoms with van der Waals surface area (Å²) < 4.78 is 2.02. The minimum Gasteiger partial charge on any atom is -0.325 e. The van der Waals surface area contributed by atoms with Crippen LogP contribution >= 0.6 is 0 Å².